The Morgan fingerprint density at radius 3 is 2.95 bits per heavy atom. The van der Waals surface area contributed by atoms with E-state index in [0.29, 0.717) is 13.1 Å². The molecule has 0 aliphatic carbocycles. The molecule has 1 unspecified atom stereocenters. The van der Waals surface area contributed by atoms with Crippen LogP contribution in [0.1, 0.15) is 19.8 Å². The Morgan fingerprint density at radius 1 is 1.57 bits per heavy atom. The standard InChI is InChI=1S/C14H18BrF2N3O/c1-2-14(12(16)17)8-19-4-3-11(20(19)13(14)21)9-5-10(15)7-18-6-9/h5,7,9,11-12H,2-4,6,8H2,1H3/t9?,11-,14-/m0/s1. The maximum Gasteiger partial charge on any atom is 0.254 e. The molecule has 1 amide bonds. The summed E-state index contributed by atoms with van der Waals surface area (Å²) in [6, 6.07) is -0.0605. The number of rotatable bonds is 3. The van der Waals surface area contributed by atoms with E-state index < -0.39 is 17.7 Å². The monoisotopic (exact) mass is 361 g/mol. The zero-order valence-corrected chi connectivity index (χ0v) is 13.4. The van der Waals surface area contributed by atoms with Crippen LogP contribution in [-0.2, 0) is 4.79 Å². The zero-order valence-electron chi connectivity index (χ0n) is 11.8. The highest BCUT2D eigenvalue weighted by molar-refractivity contribution is 9.12. The number of fused-ring (bicyclic) bond motifs is 1. The lowest BCUT2D eigenvalue weighted by Gasteiger charge is -2.31. The summed E-state index contributed by atoms with van der Waals surface area (Å²) >= 11 is 3.40. The Balaban J connectivity index is 1.86. The first-order valence-corrected chi connectivity index (χ1v) is 8.02. The number of allylic oxidation sites excluding steroid dienone is 1. The van der Waals surface area contributed by atoms with Crippen molar-refractivity contribution < 1.29 is 13.6 Å². The molecule has 3 rings (SSSR count). The minimum absolute atomic E-state index is 0.0605. The Labute approximate surface area is 131 Å². The van der Waals surface area contributed by atoms with Crippen LogP contribution in [0.3, 0.4) is 0 Å². The van der Waals surface area contributed by atoms with Gasteiger partial charge in [-0.1, -0.05) is 13.0 Å². The predicted octanol–water partition coefficient (Wildman–Crippen LogP) is 2.46. The first kappa shape index (κ1) is 15.1. The third-order valence-electron chi connectivity index (χ3n) is 4.85. The molecule has 0 aromatic rings. The van der Waals surface area contributed by atoms with Gasteiger partial charge in [-0.15, -0.1) is 0 Å². The average molecular weight is 362 g/mol. The summed E-state index contributed by atoms with van der Waals surface area (Å²) in [6.45, 7) is 3.07. The highest BCUT2D eigenvalue weighted by Gasteiger charge is 2.59. The van der Waals surface area contributed by atoms with E-state index in [1.165, 1.54) is 0 Å². The molecule has 0 spiro atoms. The van der Waals surface area contributed by atoms with Crippen molar-refractivity contribution in [2.45, 2.75) is 32.2 Å². The number of carbonyl (C=O) groups is 1. The van der Waals surface area contributed by atoms with Gasteiger partial charge in [0, 0.05) is 36.2 Å². The first-order chi connectivity index (χ1) is 9.99. The van der Waals surface area contributed by atoms with E-state index in [1.807, 2.05) is 11.1 Å². The number of halogens is 3. The van der Waals surface area contributed by atoms with Crippen molar-refractivity contribution in [3.63, 3.8) is 0 Å². The van der Waals surface area contributed by atoms with Gasteiger partial charge in [-0.05, 0) is 28.8 Å². The molecule has 0 N–H and O–H groups in total. The SMILES string of the molecule is CC[C@@]1(C(F)F)CN2CC[C@@H](C3C=C(Br)C=NC3)N2C1=O. The number of hydrogen-bond acceptors (Lipinski definition) is 3. The molecule has 3 aliphatic rings. The minimum Gasteiger partial charge on any atom is -0.291 e. The topological polar surface area (TPSA) is 35.9 Å². The number of aliphatic imine (C=N–C) groups is 1. The summed E-state index contributed by atoms with van der Waals surface area (Å²) in [6.07, 6.45) is 2.14. The number of hydrogen-bond donors (Lipinski definition) is 0. The normalized spacial score (nSPS) is 36.5. The molecule has 3 heterocycles. The van der Waals surface area contributed by atoms with E-state index in [0.717, 1.165) is 10.9 Å². The third-order valence-corrected chi connectivity index (χ3v) is 5.32. The first-order valence-electron chi connectivity index (χ1n) is 7.23. The van der Waals surface area contributed by atoms with Crippen molar-refractivity contribution in [3.8, 4) is 0 Å². The summed E-state index contributed by atoms with van der Waals surface area (Å²) in [5.41, 5.74) is -1.53. The highest BCUT2D eigenvalue weighted by atomic mass is 79.9. The smallest absolute Gasteiger partial charge is 0.254 e. The molecule has 3 atom stereocenters. The van der Waals surface area contributed by atoms with Crippen molar-refractivity contribution in [3.05, 3.63) is 10.6 Å². The Bertz CT molecular complexity index is 510. The van der Waals surface area contributed by atoms with Gasteiger partial charge in [0.1, 0.15) is 5.41 Å². The second-order valence-electron chi connectivity index (χ2n) is 5.91. The Hall–Kier alpha value is -0.820. The van der Waals surface area contributed by atoms with Gasteiger partial charge in [-0.3, -0.25) is 14.8 Å². The summed E-state index contributed by atoms with van der Waals surface area (Å²) in [5.74, 6) is -0.328. The van der Waals surface area contributed by atoms with E-state index >= 15 is 0 Å². The number of dihydropyridines is 1. The molecule has 0 aromatic carbocycles. The fourth-order valence-electron chi connectivity index (χ4n) is 3.55. The number of hydrazine groups is 1. The van der Waals surface area contributed by atoms with Crippen LogP contribution < -0.4 is 0 Å². The molecule has 7 heteroatoms. The number of nitrogens with zero attached hydrogens (tertiary/aromatic N) is 3. The van der Waals surface area contributed by atoms with Crippen LogP contribution in [0.2, 0.25) is 0 Å². The molecule has 116 valence electrons. The lowest BCUT2D eigenvalue weighted by atomic mass is 9.84. The second kappa shape index (κ2) is 5.43. The van der Waals surface area contributed by atoms with Gasteiger partial charge in [-0.2, -0.15) is 0 Å². The van der Waals surface area contributed by atoms with E-state index in [2.05, 4.69) is 20.9 Å². The van der Waals surface area contributed by atoms with Crippen molar-refractivity contribution in [2.75, 3.05) is 19.6 Å². The van der Waals surface area contributed by atoms with E-state index in [9.17, 15) is 13.6 Å². The maximum absolute atomic E-state index is 13.5. The van der Waals surface area contributed by atoms with Gasteiger partial charge >= 0.3 is 0 Å². The predicted molar refractivity (Wildman–Crippen MR) is 79.4 cm³/mol. The molecule has 0 saturated carbocycles. The quantitative estimate of drug-likeness (QED) is 0.773. The van der Waals surface area contributed by atoms with Crippen LogP contribution in [0.25, 0.3) is 0 Å². The van der Waals surface area contributed by atoms with Crippen LogP contribution in [-0.4, -0.2) is 54.2 Å². The second-order valence-corrected chi connectivity index (χ2v) is 6.83. The third kappa shape index (κ3) is 2.25. The van der Waals surface area contributed by atoms with Gasteiger partial charge in [0.25, 0.3) is 12.3 Å². The van der Waals surface area contributed by atoms with E-state index in [4.69, 9.17) is 0 Å². The van der Waals surface area contributed by atoms with Crippen LogP contribution in [0.15, 0.2) is 15.6 Å². The number of alkyl halides is 2. The fraction of sp³-hybridized carbons (Fsp3) is 0.714. The molecule has 2 saturated heterocycles. The lowest BCUT2D eigenvalue weighted by molar-refractivity contribution is -0.149. The van der Waals surface area contributed by atoms with E-state index in [-0.39, 0.29) is 24.9 Å². The van der Waals surface area contributed by atoms with Gasteiger partial charge in [0.2, 0.25) is 0 Å². The molecule has 0 bridgehead atoms. The highest BCUT2D eigenvalue weighted by Crippen LogP contribution is 2.44. The van der Waals surface area contributed by atoms with Crippen LogP contribution >= 0.6 is 15.9 Å². The lowest BCUT2D eigenvalue weighted by Crippen LogP contribution is -2.46. The van der Waals surface area contributed by atoms with Crippen molar-refractivity contribution in [1.29, 1.82) is 0 Å². The van der Waals surface area contributed by atoms with E-state index in [1.54, 1.807) is 18.1 Å². The Kier molecular flexibility index (Phi) is 3.90. The molecular formula is C14H18BrF2N3O. The molecule has 0 radical (unpaired) electrons. The van der Waals surface area contributed by atoms with Crippen molar-refractivity contribution >= 4 is 28.1 Å². The number of carbonyl (C=O) groups excluding carboxylic acids is 1. The molecule has 3 aliphatic heterocycles. The van der Waals surface area contributed by atoms with Gasteiger partial charge < -0.3 is 0 Å². The molecule has 0 aromatic heterocycles. The van der Waals surface area contributed by atoms with Gasteiger partial charge in [0.05, 0.1) is 6.04 Å². The minimum atomic E-state index is -2.62. The zero-order chi connectivity index (χ0) is 15.2. The summed E-state index contributed by atoms with van der Waals surface area (Å²) in [4.78, 5) is 16.9. The molecule has 4 nitrogen and oxygen atoms in total. The molecular weight excluding hydrogens is 344 g/mol. The molecule has 2 fully saturated rings. The van der Waals surface area contributed by atoms with Crippen molar-refractivity contribution in [1.82, 2.24) is 10.0 Å². The average Bonchev–Trinajstić information content (AvgIpc) is 2.98. The van der Waals surface area contributed by atoms with Crippen LogP contribution in [0, 0.1) is 11.3 Å². The van der Waals surface area contributed by atoms with Crippen molar-refractivity contribution in [2.24, 2.45) is 16.3 Å². The Morgan fingerprint density at radius 2 is 2.33 bits per heavy atom. The largest absolute Gasteiger partial charge is 0.291 e. The van der Waals surface area contributed by atoms with Crippen LogP contribution in [0.4, 0.5) is 8.78 Å². The van der Waals surface area contributed by atoms with Gasteiger partial charge in [-0.25, -0.2) is 13.8 Å². The molecule has 21 heavy (non-hydrogen) atoms. The van der Waals surface area contributed by atoms with Gasteiger partial charge in [0.15, 0.2) is 0 Å². The fourth-order valence-corrected chi connectivity index (χ4v) is 4.03. The summed E-state index contributed by atoms with van der Waals surface area (Å²) in [5, 5.41) is 3.40. The summed E-state index contributed by atoms with van der Waals surface area (Å²) < 4.78 is 27.8. The van der Waals surface area contributed by atoms with Crippen LogP contribution in [0.5, 0.6) is 0 Å². The summed E-state index contributed by atoms with van der Waals surface area (Å²) in [7, 11) is 0. The number of amides is 1. The maximum atomic E-state index is 13.5.